The Balaban J connectivity index is 1.90. The summed E-state index contributed by atoms with van der Waals surface area (Å²) < 4.78 is 33.7. The Morgan fingerprint density at radius 1 is 1.09 bits per heavy atom. The Morgan fingerprint density at radius 3 is 2.61 bits per heavy atom. The fourth-order valence-corrected chi connectivity index (χ4v) is 3.85. The number of benzene rings is 2. The fraction of sp³-hybridized carbons (Fsp3) is 0.0625. The third kappa shape index (κ3) is 2.04. The molecule has 112 valence electrons. The highest BCUT2D eigenvalue weighted by atomic mass is 32.2. The van der Waals surface area contributed by atoms with Crippen LogP contribution in [0, 0.1) is 11.3 Å². The molecule has 0 amide bonds. The molecule has 2 heterocycles. The fourth-order valence-electron chi connectivity index (χ4n) is 2.59. The van der Waals surface area contributed by atoms with Gasteiger partial charge in [-0.2, -0.15) is 18.1 Å². The van der Waals surface area contributed by atoms with Crippen molar-refractivity contribution in [2.75, 3.05) is 0 Å². The molecule has 1 aliphatic heterocycles. The number of aromatic nitrogens is 1. The van der Waals surface area contributed by atoms with Crippen molar-refractivity contribution in [3.63, 3.8) is 0 Å². The van der Waals surface area contributed by atoms with E-state index in [2.05, 4.69) is 9.38 Å². The third-order valence-corrected chi connectivity index (χ3v) is 4.97. The van der Waals surface area contributed by atoms with Crippen LogP contribution in [0.3, 0.4) is 0 Å². The van der Waals surface area contributed by atoms with E-state index >= 15 is 0 Å². The Hall–Kier alpha value is -2.98. The second kappa shape index (κ2) is 4.76. The molecule has 23 heavy (non-hydrogen) atoms. The third-order valence-electron chi connectivity index (χ3n) is 3.62. The smallest absolute Gasteiger partial charge is 0.283 e. The maximum atomic E-state index is 12.1. The van der Waals surface area contributed by atoms with Crippen molar-refractivity contribution in [1.29, 1.82) is 5.26 Å². The Morgan fingerprint density at radius 2 is 1.83 bits per heavy atom. The first-order chi connectivity index (χ1) is 11.1. The maximum Gasteiger partial charge on any atom is 0.283 e. The van der Waals surface area contributed by atoms with Gasteiger partial charge in [0.1, 0.15) is 5.52 Å². The largest absolute Gasteiger partial charge is 0.439 e. The predicted molar refractivity (Wildman–Crippen MR) is 82.5 cm³/mol. The first kappa shape index (κ1) is 13.7. The highest BCUT2D eigenvalue weighted by Crippen LogP contribution is 2.33. The number of sulfonamides is 1. The predicted octanol–water partition coefficient (Wildman–Crippen LogP) is 2.63. The number of nitrogens with zero attached hydrogens (tertiary/aromatic N) is 3. The molecule has 1 atom stereocenters. The average Bonchev–Trinajstić information content (AvgIpc) is 3.08. The van der Waals surface area contributed by atoms with Crippen LogP contribution in [-0.2, 0) is 10.0 Å². The molecule has 7 heteroatoms. The SMILES string of the molecule is N#CC(C1=NS(=O)(=O)c2ccccc21)c1nc2ccccc2o1. The Labute approximate surface area is 131 Å². The second-order valence-electron chi connectivity index (χ2n) is 5.03. The molecular weight excluding hydrogens is 314 g/mol. The topological polar surface area (TPSA) is 96.3 Å². The zero-order chi connectivity index (χ0) is 16.0. The van der Waals surface area contributed by atoms with Crippen molar-refractivity contribution in [3.05, 3.63) is 60.0 Å². The highest BCUT2D eigenvalue weighted by Gasteiger charge is 2.35. The average molecular weight is 323 g/mol. The normalized spacial score (nSPS) is 16.6. The summed E-state index contributed by atoms with van der Waals surface area (Å²) in [5, 5.41) is 9.54. The summed E-state index contributed by atoms with van der Waals surface area (Å²) in [5.74, 6) is -0.847. The quantitative estimate of drug-likeness (QED) is 0.722. The van der Waals surface area contributed by atoms with Gasteiger partial charge < -0.3 is 4.42 Å². The lowest BCUT2D eigenvalue weighted by molar-refractivity contribution is 0.539. The summed E-state index contributed by atoms with van der Waals surface area (Å²) in [5.41, 5.74) is 1.71. The molecule has 0 bridgehead atoms. The number of rotatable bonds is 2. The molecule has 4 rings (SSSR count). The summed E-state index contributed by atoms with van der Waals surface area (Å²) in [6.07, 6.45) is 0. The molecular formula is C16H9N3O3S. The molecule has 0 aliphatic carbocycles. The van der Waals surface area contributed by atoms with Gasteiger partial charge in [0, 0.05) is 5.56 Å². The van der Waals surface area contributed by atoms with Gasteiger partial charge in [0.2, 0.25) is 5.89 Å². The minimum atomic E-state index is -3.78. The Bertz CT molecular complexity index is 1070. The van der Waals surface area contributed by atoms with Crippen molar-refractivity contribution in [3.8, 4) is 6.07 Å². The number of fused-ring (bicyclic) bond motifs is 2. The molecule has 0 N–H and O–H groups in total. The molecule has 1 aliphatic rings. The van der Waals surface area contributed by atoms with E-state index in [0.29, 0.717) is 16.7 Å². The number of hydrogen-bond acceptors (Lipinski definition) is 5. The van der Waals surface area contributed by atoms with E-state index in [1.165, 1.54) is 6.07 Å². The van der Waals surface area contributed by atoms with Crippen molar-refractivity contribution >= 4 is 26.8 Å². The van der Waals surface area contributed by atoms with Gasteiger partial charge in [-0.1, -0.05) is 30.3 Å². The van der Waals surface area contributed by atoms with Crippen LogP contribution in [-0.4, -0.2) is 19.1 Å². The van der Waals surface area contributed by atoms with Gasteiger partial charge >= 0.3 is 0 Å². The van der Waals surface area contributed by atoms with E-state index in [0.717, 1.165) is 0 Å². The maximum absolute atomic E-state index is 12.1. The molecule has 0 spiro atoms. The van der Waals surface area contributed by atoms with Gasteiger partial charge in [0.05, 0.1) is 16.7 Å². The zero-order valence-corrected chi connectivity index (χ0v) is 12.5. The van der Waals surface area contributed by atoms with Gasteiger partial charge in [-0.25, -0.2) is 4.98 Å². The first-order valence-electron chi connectivity index (χ1n) is 6.79. The molecule has 1 unspecified atom stereocenters. The van der Waals surface area contributed by atoms with E-state index in [9.17, 15) is 13.7 Å². The Kier molecular flexibility index (Phi) is 2.83. The molecule has 0 saturated heterocycles. The summed E-state index contributed by atoms with van der Waals surface area (Å²) in [6, 6.07) is 15.6. The summed E-state index contributed by atoms with van der Waals surface area (Å²) >= 11 is 0. The van der Waals surface area contributed by atoms with Crippen LogP contribution in [0.15, 0.2) is 62.2 Å². The van der Waals surface area contributed by atoms with Gasteiger partial charge in [0.25, 0.3) is 10.0 Å². The van der Waals surface area contributed by atoms with Crippen LogP contribution in [0.1, 0.15) is 17.4 Å². The first-order valence-corrected chi connectivity index (χ1v) is 8.23. The number of oxazole rings is 1. The van der Waals surface area contributed by atoms with Crippen LogP contribution >= 0.6 is 0 Å². The molecule has 1 aromatic heterocycles. The minimum Gasteiger partial charge on any atom is -0.439 e. The lowest BCUT2D eigenvalue weighted by Crippen LogP contribution is -2.11. The molecule has 2 aromatic carbocycles. The number of nitriles is 1. The van der Waals surface area contributed by atoms with Crippen LogP contribution in [0.5, 0.6) is 0 Å². The lowest BCUT2D eigenvalue weighted by atomic mass is 9.98. The van der Waals surface area contributed by atoms with E-state index in [1.807, 2.05) is 12.1 Å². The van der Waals surface area contributed by atoms with Crippen molar-refractivity contribution < 1.29 is 12.8 Å². The second-order valence-corrected chi connectivity index (χ2v) is 6.60. The molecule has 0 radical (unpaired) electrons. The summed E-state index contributed by atoms with van der Waals surface area (Å²) in [7, 11) is -3.78. The molecule has 0 saturated carbocycles. The van der Waals surface area contributed by atoms with Gasteiger partial charge in [-0.3, -0.25) is 0 Å². The van der Waals surface area contributed by atoms with Crippen LogP contribution in [0.2, 0.25) is 0 Å². The lowest BCUT2D eigenvalue weighted by Gasteiger charge is -2.05. The van der Waals surface area contributed by atoms with E-state index < -0.39 is 15.9 Å². The van der Waals surface area contributed by atoms with Crippen molar-refractivity contribution in [2.45, 2.75) is 10.8 Å². The van der Waals surface area contributed by atoms with Crippen LogP contribution in [0.25, 0.3) is 11.1 Å². The van der Waals surface area contributed by atoms with Crippen molar-refractivity contribution in [1.82, 2.24) is 4.98 Å². The monoisotopic (exact) mass is 323 g/mol. The molecule has 3 aromatic rings. The molecule has 6 nitrogen and oxygen atoms in total. The highest BCUT2D eigenvalue weighted by molar-refractivity contribution is 7.90. The zero-order valence-electron chi connectivity index (χ0n) is 11.7. The summed E-state index contributed by atoms with van der Waals surface area (Å²) in [6.45, 7) is 0. The van der Waals surface area contributed by atoms with Crippen LogP contribution in [0.4, 0.5) is 0 Å². The van der Waals surface area contributed by atoms with Gasteiger partial charge in [-0.05, 0) is 18.2 Å². The van der Waals surface area contributed by atoms with Gasteiger partial charge in [-0.15, -0.1) is 0 Å². The standard InChI is InChI=1S/C16H9N3O3S/c17-9-11(16-18-12-6-2-3-7-13(12)22-16)15-10-5-1-4-8-14(10)23(20,21)19-15/h1-8,11H. The van der Waals surface area contributed by atoms with E-state index in [4.69, 9.17) is 4.42 Å². The van der Waals surface area contributed by atoms with Crippen LogP contribution < -0.4 is 0 Å². The summed E-state index contributed by atoms with van der Waals surface area (Å²) in [4.78, 5) is 4.39. The van der Waals surface area contributed by atoms with E-state index in [1.54, 1.807) is 36.4 Å². The number of hydrogen-bond donors (Lipinski definition) is 0. The molecule has 0 fully saturated rings. The van der Waals surface area contributed by atoms with Gasteiger partial charge in [0.15, 0.2) is 11.5 Å². The number of para-hydroxylation sites is 2. The minimum absolute atomic E-state index is 0.103. The van der Waals surface area contributed by atoms with Crippen molar-refractivity contribution in [2.24, 2.45) is 4.40 Å². The van der Waals surface area contributed by atoms with E-state index in [-0.39, 0.29) is 16.5 Å².